The summed E-state index contributed by atoms with van der Waals surface area (Å²) in [5, 5.41) is 0. The average Bonchev–Trinajstić information content (AvgIpc) is 2.42. The number of hydrogen-bond donors (Lipinski definition) is 0. The molecule has 0 heterocycles. The van der Waals surface area contributed by atoms with Crippen LogP contribution < -0.4 is 0 Å². The Balaban J connectivity index is 2.52. The molecule has 2 rings (SSSR count). The van der Waals surface area contributed by atoms with Gasteiger partial charge in [0.1, 0.15) is 0 Å². The number of allylic oxidation sites excluding steroid dienone is 4. The van der Waals surface area contributed by atoms with Crippen LogP contribution in [0, 0.1) is 6.92 Å². The summed E-state index contributed by atoms with van der Waals surface area (Å²) in [5.41, 5.74) is 1.68. The van der Waals surface area contributed by atoms with Crippen LogP contribution >= 0.6 is 31.9 Å². The highest BCUT2D eigenvalue weighted by Crippen LogP contribution is 2.28. The number of rotatable bonds is 2. The number of halogens is 2. The third-order valence-corrected chi connectivity index (χ3v) is 5.78. The molecule has 0 saturated heterocycles. The molecule has 1 aliphatic rings. The second-order valence-electron chi connectivity index (χ2n) is 4.53. The van der Waals surface area contributed by atoms with Crippen LogP contribution in [0.15, 0.2) is 54.2 Å². The van der Waals surface area contributed by atoms with E-state index >= 15 is 0 Å². The molecule has 1 aliphatic carbocycles. The van der Waals surface area contributed by atoms with Crippen molar-refractivity contribution in [2.24, 2.45) is 4.40 Å². The molecule has 21 heavy (non-hydrogen) atoms. The smallest absolute Gasteiger partial charge is 0.282 e. The van der Waals surface area contributed by atoms with Gasteiger partial charge in [-0.25, -0.2) is 0 Å². The monoisotopic (exact) mass is 431 g/mol. The zero-order valence-electron chi connectivity index (χ0n) is 11.2. The Labute approximate surface area is 140 Å². The molecule has 0 atom stereocenters. The Bertz CT molecular complexity index is 803. The van der Waals surface area contributed by atoms with Crippen molar-refractivity contribution in [3.05, 3.63) is 50.4 Å². The molecule has 7 heteroatoms. The summed E-state index contributed by atoms with van der Waals surface area (Å²) in [4.78, 5) is 11.8. The molecule has 0 unspecified atom stereocenters. The maximum Gasteiger partial charge on any atom is 0.282 e. The van der Waals surface area contributed by atoms with Gasteiger partial charge >= 0.3 is 0 Å². The first kappa shape index (κ1) is 16.3. The van der Waals surface area contributed by atoms with Gasteiger partial charge < -0.3 is 0 Å². The zero-order valence-corrected chi connectivity index (χ0v) is 15.2. The number of hydrogen-bond acceptors (Lipinski definition) is 3. The molecular formula is C14H11Br2NO3S. The number of sulfonamides is 1. The van der Waals surface area contributed by atoms with Gasteiger partial charge in [-0.05, 0) is 69.5 Å². The van der Waals surface area contributed by atoms with Gasteiger partial charge in [0.2, 0.25) is 5.78 Å². The predicted molar refractivity (Wildman–Crippen MR) is 89.4 cm³/mol. The van der Waals surface area contributed by atoms with E-state index in [4.69, 9.17) is 0 Å². The quantitative estimate of drug-likeness (QED) is 0.670. The normalized spacial score (nSPS) is 18.2. The minimum Gasteiger partial charge on any atom is -0.287 e. The van der Waals surface area contributed by atoms with Crippen LogP contribution in [0.5, 0.6) is 0 Å². The maximum atomic E-state index is 12.3. The molecule has 0 radical (unpaired) electrons. The largest absolute Gasteiger partial charge is 0.287 e. The van der Waals surface area contributed by atoms with Gasteiger partial charge in [0.15, 0.2) is 0 Å². The third kappa shape index (κ3) is 3.41. The van der Waals surface area contributed by atoms with E-state index < -0.39 is 10.0 Å². The maximum absolute atomic E-state index is 12.3. The number of ketones is 1. The van der Waals surface area contributed by atoms with Crippen molar-refractivity contribution in [2.45, 2.75) is 18.7 Å². The van der Waals surface area contributed by atoms with Crippen molar-refractivity contribution < 1.29 is 13.2 Å². The van der Waals surface area contributed by atoms with E-state index in [9.17, 15) is 13.2 Å². The average molecular weight is 433 g/mol. The van der Waals surface area contributed by atoms with E-state index in [0.717, 1.165) is 5.56 Å². The lowest BCUT2D eigenvalue weighted by molar-refractivity contribution is -0.110. The summed E-state index contributed by atoms with van der Waals surface area (Å²) < 4.78 is 29.0. The predicted octanol–water partition coefficient (Wildman–Crippen LogP) is 3.66. The summed E-state index contributed by atoms with van der Waals surface area (Å²) in [5.74, 6) is -0.237. The summed E-state index contributed by atoms with van der Waals surface area (Å²) >= 11 is 6.26. The molecule has 0 amide bonds. The molecule has 0 aromatic heterocycles. The molecule has 0 N–H and O–H groups in total. The first-order valence-corrected chi connectivity index (χ1v) is 8.95. The summed E-state index contributed by atoms with van der Waals surface area (Å²) in [7, 11) is -3.82. The number of benzene rings is 1. The highest BCUT2D eigenvalue weighted by Gasteiger charge is 2.23. The van der Waals surface area contributed by atoms with Crippen LogP contribution in [0.4, 0.5) is 0 Å². The van der Waals surface area contributed by atoms with Crippen molar-refractivity contribution in [1.82, 2.24) is 0 Å². The first-order valence-electron chi connectivity index (χ1n) is 5.92. The number of carbonyl (C=O) groups is 1. The van der Waals surface area contributed by atoms with E-state index in [2.05, 4.69) is 36.3 Å². The molecular weight excluding hydrogens is 422 g/mol. The Kier molecular flexibility index (Phi) is 4.65. The fourth-order valence-corrected chi connectivity index (χ4v) is 3.80. The van der Waals surface area contributed by atoms with Crippen molar-refractivity contribution >= 4 is 53.4 Å². The van der Waals surface area contributed by atoms with E-state index in [-0.39, 0.29) is 20.9 Å². The topological polar surface area (TPSA) is 63.6 Å². The van der Waals surface area contributed by atoms with Crippen LogP contribution in [0.2, 0.25) is 0 Å². The Morgan fingerprint density at radius 2 is 1.62 bits per heavy atom. The second-order valence-corrected chi connectivity index (χ2v) is 7.78. The summed E-state index contributed by atoms with van der Waals surface area (Å²) in [6, 6.07) is 6.44. The van der Waals surface area contributed by atoms with Crippen LogP contribution in [0.25, 0.3) is 0 Å². The number of nitrogens with zero attached hydrogens (tertiary/aromatic N) is 1. The van der Waals surface area contributed by atoms with Crippen molar-refractivity contribution in [3.8, 4) is 0 Å². The summed E-state index contributed by atoms with van der Waals surface area (Å²) in [6.45, 7) is 3.51. The number of carbonyl (C=O) groups excluding carboxylic acids is 1. The molecule has 0 spiro atoms. The van der Waals surface area contributed by atoms with Gasteiger partial charge in [0, 0.05) is 0 Å². The lowest BCUT2D eigenvalue weighted by atomic mass is 10.1. The van der Waals surface area contributed by atoms with Crippen molar-refractivity contribution in [3.63, 3.8) is 0 Å². The standard InChI is InChI=1S/C14H11Br2NO3S/c1-8-3-5-10(6-4-8)21(19,20)17-12-7-11(15)14(18)13(16)9(12)2/h3-7H,1-2H3/b17-12+. The molecule has 4 nitrogen and oxygen atoms in total. The highest BCUT2D eigenvalue weighted by molar-refractivity contribution is 9.13. The van der Waals surface area contributed by atoms with Gasteiger partial charge in [-0.2, -0.15) is 12.8 Å². The van der Waals surface area contributed by atoms with Crippen LogP contribution in [0.3, 0.4) is 0 Å². The van der Waals surface area contributed by atoms with Crippen LogP contribution in [0.1, 0.15) is 12.5 Å². The highest BCUT2D eigenvalue weighted by atomic mass is 79.9. The summed E-state index contributed by atoms with van der Waals surface area (Å²) in [6.07, 6.45) is 1.41. The molecule has 1 aromatic rings. The van der Waals surface area contributed by atoms with Crippen molar-refractivity contribution in [1.29, 1.82) is 0 Å². The molecule has 1 aromatic carbocycles. The van der Waals surface area contributed by atoms with E-state index in [1.54, 1.807) is 19.1 Å². The number of aryl methyl sites for hydroxylation is 1. The van der Waals surface area contributed by atoms with Gasteiger partial charge in [0.05, 0.1) is 19.6 Å². The molecule has 0 saturated carbocycles. The molecule has 0 aliphatic heterocycles. The fourth-order valence-electron chi connectivity index (χ4n) is 1.67. The first-order chi connectivity index (χ1) is 9.72. The Morgan fingerprint density at radius 3 is 2.19 bits per heavy atom. The fraction of sp³-hybridized carbons (Fsp3) is 0.143. The minimum absolute atomic E-state index is 0.117. The van der Waals surface area contributed by atoms with Crippen LogP contribution in [-0.2, 0) is 14.8 Å². The lowest BCUT2D eigenvalue weighted by Gasteiger charge is -2.12. The minimum atomic E-state index is -3.82. The Hall–Kier alpha value is -1.05. The van der Waals surface area contributed by atoms with Gasteiger partial charge in [-0.1, -0.05) is 17.7 Å². The van der Waals surface area contributed by atoms with Crippen molar-refractivity contribution in [2.75, 3.05) is 0 Å². The van der Waals surface area contributed by atoms with Gasteiger partial charge in [-0.3, -0.25) is 4.79 Å². The van der Waals surface area contributed by atoms with Crippen LogP contribution in [-0.4, -0.2) is 19.9 Å². The molecule has 0 fully saturated rings. The molecule has 110 valence electrons. The molecule has 0 bridgehead atoms. The second kappa shape index (κ2) is 5.98. The van der Waals surface area contributed by atoms with E-state index in [1.165, 1.54) is 18.2 Å². The number of Topliss-reactive ketones (excluding diaryl/α,β-unsaturated/α-hetero) is 1. The van der Waals surface area contributed by atoms with E-state index in [0.29, 0.717) is 10.1 Å². The van der Waals surface area contributed by atoms with Gasteiger partial charge in [0.25, 0.3) is 10.0 Å². The SMILES string of the molecule is CC1=C(Br)C(=O)C(Br)=C/C1=N\S(=O)(=O)c1ccc(C)cc1. The van der Waals surface area contributed by atoms with Gasteiger partial charge in [-0.15, -0.1) is 0 Å². The lowest BCUT2D eigenvalue weighted by Crippen LogP contribution is -2.14. The van der Waals surface area contributed by atoms with E-state index in [1.807, 2.05) is 6.92 Å². The zero-order chi connectivity index (χ0) is 15.8. The third-order valence-electron chi connectivity index (χ3n) is 2.93. The Morgan fingerprint density at radius 1 is 1.05 bits per heavy atom.